The van der Waals surface area contributed by atoms with Gasteiger partial charge in [0.25, 0.3) is 0 Å². The lowest BCUT2D eigenvalue weighted by Gasteiger charge is -2.39. The molecule has 4 nitrogen and oxygen atoms in total. The van der Waals surface area contributed by atoms with Crippen LogP contribution in [0.4, 0.5) is 0 Å². The van der Waals surface area contributed by atoms with Gasteiger partial charge in [-0.3, -0.25) is 0 Å². The largest absolute Gasteiger partial charge is 0.396 e. The zero-order valence-corrected chi connectivity index (χ0v) is 11.6. The van der Waals surface area contributed by atoms with Crippen LogP contribution in [0.5, 0.6) is 0 Å². The Labute approximate surface area is 110 Å². The lowest BCUT2D eigenvalue weighted by atomic mass is 9.83. The predicted molar refractivity (Wildman–Crippen MR) is 70.7 cm³/mol. The highest BCUT2D eigenvalue weighted by atomic mass is 16.5. The molecule has 2 unspecified atom stereocenters. The van der Waals surface area contributed by atoms with Gasteiger partial charge in [-0.2, -0.15) is 0 Å². The maximum atomic E-state index is 9.41. The first-order valence-electron chi connectivity index (χ1n) is 7.24. The first kappa shape index (κ1) is 14.3. The number of hydrogen-bond acceptors (Lipinski definition) is 4. The van der Waals surface area contributed by atoms with Crippen LogP contribution in [0.2, 0.25) is 0 Å². The van der Waals surface area contributed by atoms with Crippen molar-refractivity contribution in [3.8, 4) is 0 Å². The molecule has 0 saturated carbocycles. The monoisotopic (exact) mass is 257 g/mol. The first-order valence-corrected chi connectivity index (χ1v) is 7.24. The molecule has 0 amide bonds. The second-order valence-electron chi connectivity index (χ2n) is 6.06. The summed E-state index contributed by atoms with van der Waals surface area (Å²) in [5, 5.41) is 9.41. The molecule has 0 bridgehead atoms. The third kappa shape index (κ3) is 4.19. The summed E-state index contributed by atoms with van der Waals surface area (Å²) in [6, 6.07) is 0. The Morgan fingerprint density at radius 2 is 2.33 bits per heavy atom. The quantitative estimate of drug-likeness (QED) is 0.728. The van der Waals surface area contributed by atoms with Crippen molar-refractivity contribution in [1.29, 1.82) is 0 Å². The molecule has 2 saturated heterocycles. The summed E-state index contributed by atoms with van der Waals surface area (Å²) in [5.74, 6) is 0. The fourth-order valence-corrected chi connectivity index (χ4v) is 2.93. The average molecular weight is 257 g/mol. The standard InChI is InChI=1S/C14H27NO3/c1-14(12-16)5-3-6-15(11-14)7-9-17-10-13-4-2-8-18-13/h13,16H,2-12H2,1H3. The number of piperidine rings is 1. The molecule has 4 heteroatoms. The van der Waals surface area contributed by atoms with Crippen molar-refractivity contribution in [2.24, 2.45) is 5.41 Å². The van der Waals surface area contributed by atoms with Crippen LogP contribution >= 0.6 is 0 Å². The van der Waals surface area contributed by atoms with E-state index in [0.717, 1.165) is 52.3 Å². The van der Waals surface area contributed by atoms with Crippen molar-refractivity contribution in [3.05, 3.63) is 0 Å². The van der Waals surface area contributed by atoms with E-state index >= 15 is 0 Å². The molecule has 0 radical (unpaired) electrons. The van der Waals surface area contributed by atoms with Gasteiger partial charge in [-0.25, -0.2) is 0 Å². The third-order valence-corrected chi connectivity index (χ3v) is 4.12. The molecule has 2 aliphatic heterocycles. The minimum Gasteiger partial charge on any atom is -0.396 e. The van der Waals surface area contributed by atoms with Gasteiger partial charge in [-0.1, -0.05) is 6.92 Å². The number of rotatable bonds is 6. The van der Waals surface area contributed by atoms with E-state index < -0.39 is 0 Å². The van der Waals surface area contributed by atoms with E-state index in [4.69, 9.17) is 9.47 Å². The summed E-state index contributed by atoms with van der Waals surface area (Å²) in [7, 11) is 0. The molecule has 0 spiro atoms. The minimum atomic E-state index is 0.0901. The molecule has 0 aromatic rings. The second-order valence-corrected chi connectivity index (χ2v) is 6.06. The topological polar surface area (TPSA) is 41.9 Å². The number of aliphatic hydroxyl groups is 1. The van der Waals surface area contributed by atoms with Gasteiger partial charge in [0.05, 0.1) is 19.3 Å². The number of aliphatic hydroxyl groups excluding tert-OH is 1. The van der Waals surface area contributed by atoms with Gasteiger partial charge in [0.15, 0.2) is 0 Å². The number of hydrogen-bond donors (Lipinski definition) is 1. The van der Waals surface area contributed by atoms with Crippen molar-refractivity contribution >= 4 is 0 Å². The highest BCUT2D eigenvalue weighted by Gasteiger charge is 2.29. The zero-order valence-electron chi connectivity index (χ0n) is 11.6. The van der Waals surface area contributed by atoms with Crippen LogP contribution in [-0.4, -0.2) is 62.2 Å². The third-order valence-electron chi connectivity index (χ3n) is 4.12. The molecular formula is C14H27NO3. The summed E-state index contributed by atoms with van der Waals surface area (Å²) in [6.45, 7) is 7.99. The van der Waals surface area contributed by atoms with Crippen LogP contribution in [0.15, 0.2) is 0 Å². The average Bonchev–Trinajstić information content (AvgIpc) is 2.88. The van der Waals surface area contributed by atoms with Crippen LogP contribution < -0.4 is 0 Å². The Morgan fingerprint density at radius 1 is 1.44 bits per heavy atom. The van der Waals surface area contributed by atoms with Crippen LogP contribution in [0.1, 0.15) is 32.6 Å². The molecule has 2 atom stereocenters. The maximum absolute atomic E-state index is 9.41. The van der Waals surface area contributed by atoms with E-state index in [-0.39, 0.29) is 5.41 Å². The van der Waals surface area contributed by atoms with E-state index in [9.17, 15) is 5.11 Å². The van der Waals surface area contributed by atoms with E-state index in [0.29, 0.717) is 12.7 Å². The molecule has 18 heavy (non-hydrogen) atoms. The maximum Gasteiger partial charge on any atom is 0.0809 e. The van der Waals surface area contributed by atoms with Crippen molar-refractivity contribution in [1.82, 2.24) is 4.90 Å². The summed E-state index contributed by atoms with van der Waals surface area (Å²) in [4.78, 5) is 2.41. The lowest BCUT2D eigenvalue weighted by molar-refractivity contribution is -0.00397. The Morgan fingerprint density at radius 3 is 3.06 bits per heavy atom. The number of likely N-dealkylation sites (tertiary alicyclic amines) is 1. The van der Waals surface area contributed by atoms with Crippen molar-refractivity contribution in [2.45, 2.75) is 38.7 Å². The SMILES string of the molecule is CC1(CO)CCCN(CCOCC2CCCO2)C1. The van der Waals surface area contributed by atoms with E-state index in [1.54, 1.807) is 0 Å². The predicted octanol–water partition coefficient (Wildman–Crippen LogP) is 1.28. The molecular weight excluding hydrogens is 230 g/mol. The van der Waals surface area contributed by atoms with E-state index in [1.165, 1.54) is 12.8 Å². The van der Waals surface area contributed by atoms with Gasteiger partial charge in [-0.15, -0.1) is 0 Å². The van der Waals surface area contributed by atoms with Crippen molar-refractivity contribution < 1.29 is 14.6 Å². The van der Waals surface area contributed by atoms with Gasteiger partial charge in [0, 0.05) is 31.7 Å². The van der Waals surface area contributed by atoms with Crippen molar-refractivity contribution in [2.75, 3.05) is 46.1 Å². The van der Waals surface area contributed by atoms with Gasteiger partial charge < -0.3 is 19.5 Å². The second kappa shape index (κ2) is 6.85. The van der Waals surface area contributed by atoms with E-state index in [2.05, 4.69) is 11.8 Å². The molecule has 2 fully saturated rings. The highest BCUT2D eigenvalue weighted by molar-refractivity contribution is 4.82. The zero-order chi connectivity index (χ0) is 12.8. The van der Waals surface area contributed by atoms with Crippen LogP contribution in [0, 0.1) is 5.41 Å². The Hall–Kier alpha value is -0.160. The molecule has 2 rings (SSSR count). The van der Waals surface area contributed by atoms with Crippen LogP contribution in [0.3, 0.4) is 0 Å². The smallest absolute Gasteiger partial charge is 0.0809 e. The van der Waals surface area contributed by atoms with Crippen LogP contribution in [-0.2, 0) is 9.47 Å². The number of nitrogens with zero attached hydrogens (tertiary/aromatic N) is 1. The first-order chi connectivity index (χ1) is 8.72. The van der Waals surface area contributed by atoms with E-state index in [1.807, 2.05) is 0 Å². The fourth-order valence-electron chi connectivity index (χ4n) is 2.93. The summed E-state index contributed by atoms with van der Waals surface area (Å²) < 4.78 is 11.2. The van der Waals surface area contributed by atoms with Crippen LogP contribution in [0.25, 0.3) is 0 Å². The lowest BCUT2D eigenvalue weighted by Crippen LogP contribution is -2.44. The Bertz CT molecular complexity index is 243. The molecule has 0 aliphatic carbocycles. The number of ether oxygens (including phenoxy) is 2. The molecule has 2 heterocycles. The summed E-state index contributed by atoms with van der Waals surface area (Å²) in [5.41, 5.74) is 0.0901. The summed E-state index contributed by atoms with van der Waals surface area (Å²) >= 11 is 0. The summed E-state index contributed by atoms with van der Waals surface area (Å²) in [6.07, 6.45) is 4.97. The minimum absolute atomic E-state index is 0.0901. The van der Waals surface area contributed by atoms with Gasteiger partial charge in [-0.05, 0) is 32.2 Å². The van der Waals surface area contributed by atoms with Gasteiger partial charge in [0.1, 0.15) is 0 Å². The molecule has 0 aromatic heterocycles. The molecule has 1 N–H and O–H groups in total. The highest BCUT2D eigenvalue weighted by Crippen LogP contribution is 2.28. The Balaban J connectivity index is 1.58. The molecule has 2 aliphatic rings. The van der Waals surface area contributed by atoms with Crippen molar-refractivity contribution in [3.63, 3.8) is 0 Å². The van der Waals surface area contributed by atoms with Gasteiger partial charge >= 0.3 is 0 Å². The molecule has 0 aromatic carbocycles. The van der Waals surface area contributed by atoms with Gasteiger partial charge in [0.2, 0.25) is 0 Å². The fraction of sp³-hybridized carbons (Fsp3) is 1.00. The Kier molecular flexibility index (Phi) is 5.42. The normalized spacial score (nSPS) is 34.0. The molecule has 106 valence electrons.